The molecule has 1 aliphatic heterocycles. The minimum atomic E-state index is -0.427. The van der Waals surface area contributed by atoms with Crippen molar-refractivity contribution in [2.24, 2.45) is 11.3 Å². The van der Waals surface area contributed by atoms with E-state index in [-0.39, 0.29) is 17.9 Å². The Balaban J connectivity index is 1.61. The Morgan fingerprint density at radius 1 is 1.29 bits per heavy atom. The standard InChI is InChI=1S/C18H24N2O4/c1-23-16(21)11-24-15-7-5-14(6-8-15)20-17(22)18-9-3-2-4-13(18)10-19-12-18/h5-8,13,19H,2-4,9-12H2,1H3,(H,20,22)/t13-,18+/m0/s1. The number of nitrogens with one attached hydrogen (secondary N) is 2. The minimum absolute atomic E-state index is 0.112. The van der Waals surface area contributed by atoms with Gasteiger partial charge >= 0.3 is 5.97 Å². The van der Waals surface area contributed by atoms with Gasteiger partial charge in [0.25, 0.3) is 0 Å². The Labute approximate surface area is 141 Å². The van der Waals surface area contributed by atoms with Crippen molar-refractivity contribution in [2.45, 2.75) is 25.7 Å². The molecule has 1 aliphatic carbocycles. The first-order valence-electron chi connectivity index (χ1n) is 8.46. The van der Waals surface area contributed by atoms with E-state index >= 15 is 0 Å². The van der Waals surface area contributed by atoms with Gasteiger partial charge in [0.05, 0.1) is 12.5 Å². The quantitative estimate of drug-likeness (QED) is 0.806. The maximum atomic E-state index is 12.9. The second-order valence-electron chi connectivity index (χ2n) is 6.57. The third-order valence-electron chi connectivity index (χ3n) is 5.19. The number of methoxy groups -OCH3 is 1. The molecule has 0 unspecified atom stereocenters. The smallest absolute Gasteiger partial charge is 0.343 e. The number of carbonyl (C=O) groups is 2. The highest BCUT2D eigenvalue weighted by Crippen LogP contribution is 2.44. The van der Waals surface area contributed by atoms with Crippen LogP contribution in [0.15, 0.2) is 24.3 Å². The third kappa shape index (κ3) is 3.38. The molecule has 1 saturated heterocycles. The number of esters is 1. The summed E-state index contributed by atoms with van der Waals surface area (Å²) in [5.74, 6) is 0.688. The van der Waals surface area contributed by atoms with Crippen molar-refractivity contribution in [1.82, 2.24) is 5.32 Å². The SMILES string of the molecule is COC(=O)COc1ccc(NC(=O)[C@@]23CCCC[C@H]2CNC3)cc1. The monoisotopic (exact) mass is 332 g/mol. The lowest BCUT2D eigenvalue weighted by atomic mass is 9.67. The number of rotatable bonds is 5. The number of hydrogen-bond donors (Lipinski definition) is 2. The van der Waals surface area contributed by atoms with E-state index in [0.717, 1.165) is 38.0 Å². The lowest BCUT2D eigenvalue weighted by Gasteiger charge is -2.37. The van der Waals surface area contributed by atoms with Crippen molar-refractivity contribution < 1.29 is 19.1 Å². The van der Waals surface area contributed by atoms with Gasteiger partial charge in [-0.1, -0.05) is 12.8 Å². The molecule has 0 bridgehead atoms. The summed E-state index contributed by atoms with van der Waals surface area (Å²) in [6, 6.07) is 7.06. The van der Waals surface area contributed by atoms with Crippen LogP contribution in [0.2, 0.25) is 0 Å². The van der Waals surface area contributed by atoms with Gasteiger partial charge in [-0.05, 0) is 49.6 Å². The average Bonchev–Trinajstić information content (AvgIpc) is 3.06. The van der Waals surface area contributed by atoms with E-state index in [9.17, 15) is 9.59 Å². The summed E-state index contributed by atoms with van der Waals surface area (Å²) in [5, 5.41) is 6.44. The van der Waals surface area contributed by atoms with Gasteiger partial charge in [0, 0.05) is 12.2 Å². The number of fused-ring (bicyclic) bond motifs is 1. The average molecular weight is 332 g/mol. The molecule has 6 heteroatoms. The Kier molecular flexibility index (Phi) is 5.04. The zero-order chi connectivity index (χ0) is 17.0. The summed E-state index contributed by atoms with van der Waals surface area (Å²) in [6.07, 6.45) is 4.41. The zero-order valence-corrected chi connectivity index (χ0v) is 14.0. The first-order valence-corrected chi connectivity index (χ1v) is 8.46. The van der Waals surface area contributed by atoms with Gasteiger partial charge in [-0.25, -0.2) is 4.79 Å². The lowest BCUT2D eigenvalue weighted by Crippen LogP contribution is -2.44. The van der Waals surface area contributed by atoms with Gasteiger partial charge in [-0.3, -0.25) is 4.79 Å². The molecule has 1 heterocycles. The van der Waals surface area contributed by atoms with Crippen molar-refractivity contribution in [1.29, 1.82) is 0 Å². The number of amides is 1. The highest BCUT2D eigenvalue weighted by Gasteiger charge is 2.49. The van der Waals surface area contributed by atoms with Crippen molar-refractivity contribution >= 4 is 17.6 Å². The van der Waals surface area contributed by atoms with Crippen LogP contribution in [-0.4, -0.2) is 38.7 Å². The molecule has 0 radical (unpaired) electrons. The Morgan fingerprint density at radius 2 is 2.08 bits per heavy atom. The number of benzene rings is 1. The lowest BCUT2D eigenvalue weighted by molar-refractivity contribution is -0.142. The van der Waals surface area contributed by atoms with Crippen LogP contribution >= 0.6 is 0 Å². The summed E-state index contributed by atoms with van der Waals surface area (Å²) in [5.41, 5.74) is 0.481. The van der Waals surface area contributed by atoms with Crippen LogP contribution in [0.1, 0.15) is 25.7 Å². The molecule has 2 N–H and O–H groups in total. The van der Waals surface area contributed by atoms with Gasteiger partial charge in [0.1, 0.15) is 5.75 Å². The molecule has 1 aromatic carbocycles. The molecule has 1 saturated carbocycles. The fourth-order valence-electron chi connectivity index (χ4n) is 3.78. The number of hydrogen-bond acceptors (Lipinski definition) is 5. The molecule has 2 atom stereocenters. The molecule has 2 aliphatic rings. The second kappa shape index (κ2) is 7.21. The van der Waals surface area contributed by atoms with Crippen LogP contribution in [0.25, 0.3) is 0 Å². The van der Waals surface area contributed by atoms with E-state index in [0.29, 0.717) is 11.7 Å². The molecule has 130 valence electrons. The highest BCUT2D eigenvalue weighted by atomic mass is 16.6. The summed E-state index contributed by atoms with van der Waals surface area (Å²) < 4.78 is 9.83. The van der Waals surface area contributed by atoms with E-state index in [1.807, 2.05) is 0 Å². The molecule has 2 fully saturated rings. The summed E-state index contributed by atoms with van der Waals surface area (Å²) in [6.45, 7) is 1.58. The molecule has 1 amide bonds. The van der Waals surface area contributed by atoms with E-state index in [1.54, 1.807) is 24.3 Å². The van der Waals surface area contributed by atoms with Crippen molar-refractivity contribution in [2.75, 3.05) is 32.1 Å². The van der Waals surface area contributed by atoms with Crippen molar-refractivity contribution in [3.05, 3.63) is 24.3 Å². The minimum Gasteiger partial charge on any atom is -0.482 e. The largest absolute Gasteiger partial charge is 0.482 e. The second-order valence-corrected chi connectivity index (χ2v) is 6.57. The number of carbonyl (C=O) groups excluding carboxylic acids is 2. The van der Waals surface area contributed by atoms with Crippen LogP contribution in [-0.2, 0) is 14.3 Å². The van der Waals surface area contributed by atoms with Crippen molar-refractivity contribution in [3.63, 3.8) is 0 Å². The molecule has 0 aromatic heterocycles. The zero-order valence-electron chi connectivity index (χ0n) is 14.0. The van der Waals surface area contributed by atoms with Gasteiger partial charge in [0.2, 0.25) is 5.91 Å². The Bertz CT molecular complexity index is 602. The highest BCUT2D eigenvalue weighted by molar-refractivity contribution is 5.96. The maximum absolute atomic E-state index is 12.9. The normalized spacial score (nSPS) is 25.6. The van der Waals surface area contributed by atoms with E-state index < -0.39 is 5.97 Å². The van der Waals surface area contributed by atoms with Gasteiger partial charge in [-0.2, -0.15) is 0 Å². The maximum Gasteiger partial charge on any atom is 0.343 e. The Morgan fingerprint density at radius 3 is 2.83 bits per heavy atom. The molecular formula is C18H24N2O4. The third-order valence-corrected chi connectivity index (χ3v) is 5.19. The molecule has 1 aromatic rings. The predicted octanol–water partition coefficient (Wildman–Crippen LogP) is 1.96. The fraction of sp³-hybridized carbons (Fsp3) is 0.556. The molecule has 0 spiro atoms. The van der Waals surface area contributed by atoms with Crippen molar-refractivity contribution in [3.8, 4) is 5.75 Å². The number of ether oxygens (including phenoxy) is 2. The van der Waals surface area contributed by atoms with Gasteiger partial charge in [0.15, 0.2) is 6.61 Å². The van der Waals surface area contributed by atoms with Gasteiger partial charge in [-0.15, -0.1) is 0 Å². The topological polar surface area (TPSA) is 76.7 Å². The first-order chi connectivity index (χ1) is 11.6. The van der Waals surface area contributed by atoms with E-state index in [2.05, 4.69) is 15.4 Å². The van der Waals surface area contributed by atoms with E-state index in [4.69, 9.17) is 4.74 Å². The fourth-order valence-corrected chi connectivity index (χ4v) is 3.78. The van der Waals surface area contributed by atoms with Crippen LogP contribution in [0.3, 0.4) is 0 Å². The molecule has 6 nitrogen and oxygen atoms in total. The summed E-state index contributed by atoms with van der Waals surface area (Å²) in [7, 11) is 1.32. The predicted molar refractivity (Wildman–Crippen MR) is 89.8 cm³/mol. The van der Waals surface area contributed by atoms with Crippen LogP contribution < -0.4 is 15.4 Å². The molecule has 3 rings (SSSR count). The number of anilines is 1. The molecule has 24 heavy (non-hydrogen) atoms. The van der Waals surface area contributed by atoms with Crippen LogP contribution in [0.4, 0.5) is 5.69 Å². The summed E-state index contributed by atoms with van der Waals surface area (Å²) >= 11 is 0. The van der Waals surface area contributed by atoms with E-state index in [1.165, 1.54) is 13.5 Å². The van der Waals surface area contributed by atoms with Crippen LogP contribution in [0.5, 0.6) is 5.75 Å². The van der Waals surface area contributed by atoms with Crippen LogP contribution in [0, 0.1) is 11.3 Å². The first kappa shape index (κ1) is 16.8. The summed E-state index contributed by atoms with van der Waals surface area (Å²) in [4.78, 5) is 23.9. The molecular weight excluding hydrogens is 308 g/mol. The van der Waals surface area contributed by atoms with Gasteiger partial charge < -0.3 is 20.1 Å². The Hall–Kier alpha value is -2.08.